The summed E-state index contributed by atoms with van der Waals surface area (Å²) in [5, 5.41) is 9.48. The lowest BCUT2D eigenvalue weighted by atomic mass is 9.90. The van der Waals surface area contributed by atoms with Crippen LogP contribution >= 0.6 is 0 Å². The quantitative estimate of drug-likeness (QED) is 0.519. The number of amides is 1. The lowest BCUT2D eigenvalue weighted by Crippen LogP contribution is -2.35. The molecule has 1 aliphatic rings. The van der Waals surface area contributed by atoms with Crippen molar-refractivity contribution in [2.45, 2.75) is 32.4 Å². The van der Waals surface area contributed by atoms with Crippen molar-refractivity contribution in [1.29, 1.82) is 0 Å². The Kier molecular flexibility index (Phi) is 5.01. The Labute approximate surface area is 175 Å². The van der Waals surface area contributed by atoms with Gasteiger partial charge in [-0.05, 0) is 72.5 Å². The predicted molar refractivity (Wildman–Crippen MR) is 119 cm³/mol. The van der Waals surface area contributed by atoms with Crippen LogP contribution in [0.1, 0.15) is 24.0 Å². The number of rotatable bonds is 6. The zero-order chi connectivity index (χ0) is 20.5. The van der Waals surface area contributed by atoms with Gasteiger partial charge in [-0.25, -0.2) is 0 Å². The fourth-order valence-corrected chi connectivity index (χ4v) is 4.81. The van der Waals surface area contributed by atoms with Crippen LogP contribution in [0.15, 0.2) is 54.9 Å². The van der Waals surface area contributed by atoms with Crippen LogP contribution < -0.4 is 5.73 Å². The van der Waals surface area contributed by atoms with Crippen molar-refractivity contribution >= 4 is 27.7 Å². The summed E-state index contributed by atoms with van der Waals surface area (Å²) in [5.74, 6) is 0.357. The molecule has 0 aliphatic carbocycles. The highest BCUT2D eigenvalue weighted by molar-refractivity contribution is 5.83. The number of carbonyl (C=O) groups excluding carboxylic acids is 1. The van der Waals surface area contributed by atoms with Crippen molar-refractivity contribution in [1.82, 2.24) is 19.7 Å². The average Bonchev–Trinajstić information content (AvgIpc) is 3.34. The maximum Gasteiger partial charge on any atom is 0.237 e. The normalized spacial score (nSPS) is 17.7. The largest absolute Gasteiger partial charge is 0.368 e. The van der Waals surface area contributed by atoms with E-state index in [-0.39, 0.29) is 12.5 Å². The second kappa shape index (κ2) is 7.95. The van der Waals surface area contributed by atoms with E-state index in [0.29, 0.717) is 5.92 Å². The molecule has 1 saturated heterocycles. The monoisotopic (exact) mass is 401 g/mol. The van der Waals surface area contributed by atoms with E-state index in [0.717, 1.165) is 42.5 Å². The molecule has 2 aromatic carbocycles. The summed E-state index contributed by atoms with van der Waals surface area (Å²) in [6.07, 6.45) is 7.46. The number of likely N-dealkylation sites (tertiary alicyclic amines) is 1. The first-order valence-corrected chi connectivity index (χ1v) is 10.6. The number of fused-ring (bicyclic) bond motifs is 2. The molecule has 6 nitrogen and oxygen atoms in total. The van der Waals surface area contributed by atoms with E-state index in [4.69, 9.17) is 5.73 Å². The molecule has 2 aromatic heterocycles. The van der Waals surface area contributed by atoms with Crippen molar-refractivity contribution in [3.63, 3.8) is 0 Å². The first kappa shape index (κ1) is 18.9. The van der Waals surface area contributed by atoms with Gasteiger partial charge in [-0.3, -0.25) is 14.8 Å². The number of primary amides is 1. The maximum absolute atomic E-state index is 11.3. The molecule has 1 amide bonds. The molecule has 4 aromatic rings. The van der Waals surface area contributed by atoms with Gasteiger partial charge >= 0.3 is 0 Å². The van der Waals surface area contributed by atoms with Crippen LogP contribution in [-0.4, -0.2) is 38.7 Å². The predicted octanol–water partition coefficient (Wildman–Crippen LogP) is 3.46. The van der Waals surface area contributed by atoms with Gasteiger partial charge in [0.1, 0.15) is 6.54 Å². The van der Waals surface area contributed by atoms with Crippen LogP contribution in [0.25, 0.3) is 21.8 Å². The number of H-pyrrole nitrogens is 1. The Hall–Kier alpha value is -3.12. The summed E-state index contributed by atoms with van der Waals surface area (Å²) in [6, 6.07) is 15.2. The molecule has 6 heteroatoms. The van der Waals surface area contributed by atoms with E-state index >= 15 is 0 Å². The van der Waals surface area contributed by atoms with Crippen LogP contribution in [0.2, 0.25) is 0 Å². The molecule has 30 heavy (non-hydrogen) atoms. The lowest BCUT2D eigenvalue weighted by Gasteiger charge is -2.33. The Morgan fingerprint density at radius 3 is 2.93 bits per heavy atom. The minimum absolute atomic E-state index is 0.222. The van der Waals surface area contributed by atoms with Gasteiger partial charge in [0.25, 0.3) is 0 Å². The molecule has 154 valence electrons. The van der Waals surface area contributed by atoms with Crippen LogP contribution in [0.3, 0.4) is 0 Å². The van der Waals surface area contributed by atoms with Crippen LogP contribution in [0.5, 0.6) is 0 Å². The highest BCUT2D eigenvalue weighted by Gasteiger charge is 2.20. The number of aromatic amines is 1. The van der Waals surface area contributed by atoms with E-state index in [1.807, 2.05) is 23.0 Å². The summed E-state index contributed by atoms with van der Waals surface area (Å²) in [5.41, 5.74) is 10.2. The fraction of sp³-hybridized carbons (Fsp3) is 0.333. The molecule has 1 aliphatic heterocycles. The van der Waals surface area contributed by atoms with E-state index < -0.39 is 0 Å². The van der Waals surface area contributed by atoms with E-state index in [1.165, 1.54) is 29.4 Å². The minimum Gasteiger partial charge on any atom is -0.368 e. The Bertz CT molecular complexity index is 1190. The van der Waals surface area contributed by atoms with Crippen LogP contribution in [-0.2, 0) is 24.3 Å². The minimum atomic E-state index is -0.314. The van der Waals surface area contributed by atoms with Crippen molar-refractivity contribution in [3.8, 4) is 0 Å². The second-order valence-electron chi connectivity index (χ2n) is 8.54. The molecule has 0 saturated carbocycles. The summed E-state index contributed by atoms with van der Waals surface area (Å²) in [7, 11) is 0. The molecule has 3 heterocycles. The van der Waals surface area contributed by atoms with E-state index in [9.17, 15) is 4.79 Å². The Morgan fingerprint density at radius 1 is 1.13 bits per heavy atom. The first-order valence-electron chi connectivity index (χ1n) is 10.6. The van der Waals surface area contributed by atoms with Gasteiger partial charge in [-0.1, -0.05) is 18.2 Å². The number of hydrogen-bond acceptors (Lipinski definition) is 3. The molecular formula is C24H27N5O. The Balaban J connectivity index is 1.27. The summed E-state index contributed by atoms with van der Waals surface area (Å²) in [4.78, 5) is 13.9. The van der Waals surface area contributed by atoms with Crippen molar-refractivity contribution in [3.05, 3.63) is 66.0 Å². The van der Waals surface area contributed by atoms with Crippen LogP contribution in [0, 0.1) is 5.92 Å². The number of nitrogens with one attached hydrogen (secondary N) is 1. The molecule has 3 N–H and O–H groups in total. The van der Waals surface area contributed by atoms with Crippen LogP contribution in [0.4, 0.5) is 0 Å². The number of carbonyl (C=O) groups is 1. The van der Waals surface area contributed by atoms with Gasteiger partial charge in [0.2, 0.25) is 5.91 Å². The van der Waals surface area contributed by atoms with Gasteiger partial charge in [0, 0.05) is 30.2 Å². The average molecular weight is 402 g/mol. The smallest absolute Gasteiger partial charge is 0.237 e. The third kappa shape index (κ3) is 3.96. The molecule has 5 rings (SSSR count). The summed E-state index contributed by atoms with van der Waals surface area (Å²) < 4.78 is 1.94. The van der Waals surface area contributed by atoms with Gasteiger partial charge in [-0.15, -0.1) is 0 Å². The van der Waals surface area contributed by atoms with Crippen molar-refractivity contribution < 1.29 is 4.79 Å². The zero-order valence-electron chi connectivity index (χ0n) is 17.1. The number of aromatic nitrogens is 3. The summed E-state index contributed by atoms with van der Waals surface area (Å²) >= 11 is 0. The third-order valence-electron chi connectivity index (χ3n) is 6.20. The fourth-order valence-electron chi connectivity index (χ4n) is 4.81. The number of hydrogen-bond donors (Lipinski definition) is 2. The third-order valence-corrected chi connectivity index (χ3v) is 6.20. The van der Waals surface area contributed by atoms with Gasteiger partial charge in [0.15, 0.2) is 0 Å². The van der Waals surface area contributed by atoms with E-state index in [1.54, 1.807) is 0 Å². The van der Waals surface area contributed by atoms with Crippen molar-refractivity contribution in [2.24, 2.45) is 11.7 Å². The Morgan fingerprint density at radius 2 is 2.03 bits per heavy atom. The topological polar surface area (TPSA) is 79.9 Å². The first-order chi connectivity index (χ1) is 14.6. The standard InChI is InChI=1S/C24H27N5O/c25-24(30)16-29-9-7-20-5-3-19(12-23(20)29)15-28-8-1-2-18(14-28)10-17-4-6-22-21(11-17)13-26-27-22/h3-7,9,11-13,18H,1-2,8,10,14-16H2,(H2,25,30)(H,26,27)/t18-/m0/s1. The highest BCUT2D eigenvalue weighted by atomic mass is 16.1. The molecule has 1 fully saturated rings. The van der Waals surface area contributed by atoms with Gasteiger partial charge in [0.05, 0.1) is 11.7 Å². The number of nitrogens with two attached hydrogens (primary N) is 1. The number of nitrogens with zero attached hydrogens (tertiary/aromatic N) is 3. The van der Waals surface area contributed by atoms with E-state index in [2.05, 4.69) is 51.5 Å². The van der Waals surface area contributed by atoms with Gasteiger partial charge in [-0.2, -0.15) is 5.10 Å². The SMILES string of the molecule is NC(=O)Cn1ccc2ccc(CN3CCC[C@@H](Cc4ccc5[nH]ncc5c4)C3)cc21. The van der Waals surface area contributed by atoms with Gasteiger partial charge < -0.3 is 10.3 Å². The zero-order valence-corrected chi connectivity index (χ0v) is 17.1. The maximum atomic E-state index is 11.3. The molecule has 0 bridgehead atoms. The molecule has 0 spiro atoms. The number of piperidine rings is 1. The number of benzene rings is 2. The molecule has 0 unspecified atom stereocenters. The molecular weight excluding hydrogens is 374 g/mol. The molecule has 0 radical (unpaired) electrons. The molecule has 1 atom stereocenters. The van der Waals surface area contributed by atoms with Crippen molar-refractivity contribution in [2.75, 3.05) is 13.1 Å². The second-order valence-corrected chi connectivity index (χ2v) is 8.54. The lowest BCUT2D eigenvalue weighted by molar-refractivity contribution is -0.118. The highest BCUT2D eigenvalue weighted by Crippen LogP contribution is 2.25. The summed E-state index contributed by atoms with van der Waals surface area (Å²) in [6.45, 7) is 3.41.